The topological polar surface area (TPSA) is 126 Å². The summed E-state index contributed by atoms with van der Waals surface area (Å²) < 4.78 is 40.6. The first-order chi connectivity index (χ1) is 26.4. The van der Waals surface area contributed by atoms with Gasteiger partial charge in [-0.15, -0.1) is 0 Å². The Morgan fingerprint density at radius 3 is 1.56 bits per heavy atom. The van der Waals surface area contributed by atoms with Gasteiger partial charge in [0.15, 0.2) is 5.82 Å². The molecule has 54 heavy (non-hydrogen) atoms. The molecule has 4 fully saturated rings. The first-order valence-corrected chi connectivity index (χ1v) is 18.9. The minimum Gasteiger partial charge on any atom is -0.399 e. The number of rotatable bonds is 9. The van der Waals surface area contributed by atoms with Crippen molar-refractivity contribution in [1.82, 2.24) is 19.8 Å². The monoisotopic (exact) mass is 742 g/mol. The number of pyridine rings is 2. The molecule has 4 aliphatic heterocycles. The molecule has 4 atom stereocenters. The van der Waals surface area contributed by atoms with Crippen molar-refractivity contribution in [2.45, 2.75) is 50.0 Å². The molecule has 2 N–H and O–H groups in total. The third kappa shape index (κ3) is 8.78. The molecule has 2 aromatic heterocycles. The highest BCUT2D eigenvalue weighted by atomic mass is 19.1. The van der Waals surface area contributed by atoms with Crippen LogP contribution < -0.4 is 15.5 Å². The van der Waals surface area contributed by atoms with Gasteiger partial charge in [-0.25, -0.2) is 8.78 Å². The molecule has 4 aliphatic rings. The minimum atomic E-state index is -0.580. The van der Waals surface area contributed by atoms with Crippen LogP contribution in [0.2, 0.25) is 0 Å². The van der Waals surface area contributed by atoms with E-state index in [2.05, 4.69) is 30.7 Å². The van der Waals surface area contributed by atoms with Crippen molar-refractivity contribution in [1.29, 1.82) is 0 Å². The van der Waals surface area contributed by atoms with Crippen molar-refractivity contribution in [2.75, 3.05) is 81.1 Å². The van der Waals surface area contributed by atoms with Crippen molar-refractivity contribution < 1.29 is 23.2 Å². The molecule has 0 saturated carbocycles. The highest BCUT2D eigenvalue weighted by Crippen LogP contribution is 2.35. The molecule has 12 nitrogen and oxygen atoms in total. The molecule has 0 bridgehead atoms. The maximum Gasteiger partial charge on any atom is 0.272 e. The van der Waals surface area contributed by atoms with Gasteiger partial charge in [-0.3, -0.25) is 29.9 Å². The average molecular weight is 743 g/mol. The van der Waals surface area contributed by atoms with Crippen LogP contribution in [-0.2, 0) is 9.47 Å². The van der Waals surface area contributed by atoms with Crippen molar-refractivity contribution in [3.8, 4) is 0 Å². The van der Waals surface area contributed by atoms with Gasteiger partial charge in [-0.05, 0) is 74.2 Å². The van der Waals surface area contributed by atoms with Crippen LogP contribution in [0, 0.1) is 21.7 Å². The Balaban J connectivity index is 0.000000167. The first kappa shape index (κ1) is 37.6. The molecule has 0 spiro atoms. The van der Waals surface area contributed by atoms with E-state index in [1.54, 1.807) is 18.3 Å². The van der Waals surface area contributed by atoms with Crippen molar-refractivity contribution in [2.24, 2.45) is 0 Å². The van der Waals surface area contributed by atoms with E-state index in [0.717, 1.165) is 95.6 Å². The van der Waals surface area contributed by atoms with Gasteiger partial charge < -0.3 is 25.0 Å². The Kier molecular flexibility index (Phi) is 12.2. The van der Waals surface area contributed by atoms with Crippen LogP contribution in [0.15, 0.2) is 85.2 Å². The Morgan fingerprint density at radius 1 is 0.685 bits per heavy atom. The maximum atomic E-state index is 14.4. The van der Waals surface area contributed by atoms with Crippen LogP contribution in [0.25, 0.3) is 0 Å². The quantitative estimate of drug-likeness (QED) is 0.123. The van der Waals surface area contributed by atoms with Crippen LogP contribution in [-0.4, -0.2) is 102 Å². The second-order valence-corrected chi connectivity index (χ2v) is 14.2. The molecule has 0 aliphatic carbocycles. The van der Waals surface area contributed by atoms with E-state index in [4.69, 9.17) is 15.2 Å². The summed E-state index contributed by atoms with van der Waals surface area (Å²) in [5.41, 5.74) is 9.00. The minimum absolute atomic E-state index is 0.0903. The summed E-state index contributed by atoms with van der Waals surface area (Å²) in [6.07, 6.45) is 8.19. The van der Waals surface area contributed by atoms with Crippen LogP contribution in [0.5, 0.6) is 0 Å². The number of hydrogen-bond donors (Lipinski definition) is 1. The summed E-state index contributed by atoms with van der Waals surface area (Å²) in [4.78, 5) is 28.2. The summed E-state index contributed by atoms with van der Waals surface area (Å²) >= 11 is 0. The van der Waals surface area contributed by atoms with E-state index < -0.39 is 10.7 Å². The predicted octanol–water partition coefficient (Wildman–Crippen LogP) is 6.02. The van der Waals surface area contributed by atoms with Crippen molar-refractivity contribution in [3.63, 3.8) is 0 Å². The highest BCUT2D eigenvalue weighted by molar-refractivity contribution is 5.55. The number of ether oxygens (including phenoxy) is 2. The van der Waals surface area contributed by atoms with Gasteiger partial charge in [0.25, 0.3) is 5.69 Å². The molecule has 0 amide bonds. The number of nitro benzene ring substituents is 1. The lowest BCUT2D eigenvalue weighted by Gasteiger charge is -2.41. The molecule has 14 heteroatoms. The van der Waals surface area contributed by atoms with Gasteiger partial charge in [0.05, 0.1) is 58.0 Å². The molecule has 286 valence electrons. The second-order valence-electron chi connectivity index (χ2n) is 14.2. The van der Waals surface area contributed by atoms with Gasteiger partial charge >= 0.3 is 0 Å². The fraction of sp³-hybridized carbons (Fsp3) is 0.450. The van der Waals surface area contributed by atoms with E-state index in [0.29, 0.717) is 30.2 Å². The van der Waals surface area contributed by atoms with Crippen molar-refractivity contribution in [3.05, 3.63) is 118 Å². The van der Waals surface area contributed by atoms with Crippen LogP contribution in [0.1, 0.15) is 49.2 Å². The van der Waals surface area contributed by atoms with E-state index in [1.165, 1.54) is 18.2 Å². The number of nitrogens with two attached hydrogens (primary N) is 1. The number of nitrogen functional groups attached to an aromatic ring is 1. The number of benzene rings is 2. The predicted molar refractivity (Wildman–Crippen MR) is 203 cm³/mol. The number of nitrogens with zero attached hydrogens (tertiary/aromatic N) is 7. The third-order valence-corrected chi connectivity index (χ3v) is 10.8. The molecule has 2 unspecified atom stereocenters. The van der Waals surface area contributed by atoms with E-state index in [-0.39, 0.29) is 35.8 Å². The van der Waals surface area contributed by atoms with E-state index >= 15 is 0 Å². The molecule has 6 heterocycles. The van der Waals surface area contributed by atoms with Gasteiger partial charge in [0, 0.05) is 89.7 Å². The Labute approximate surface area is 314 Å². The number of hydrogen-bond acceptors (Lipinski definition) is 11. The lowest BCUT2D eigenvalue weighted by molar-refractivity contribution is -0.385. The van der Waals surface area contributed by atoms with Crippen LogP contribution in [0.3, 0.4) is 0 Å². The molecule has 0 radical (unpaired) electrons. The number of anilines is 3. The third-order valence-electron chi connectivity index (χ3n) is 10.8. The molecule has 4 aromatic rings. The fourth-order valence-corrected chi connectivity index (χ4v) is 8.16. The molecular formula is C40H48F2N8O4. The second kappa shape index (κ2) is 17.6. The SMILES string of the molecule is Nc1ccc(N2CCN(C(c3ccccn3)[C@H]3CCCO3)CC2)c(F)c1.O=[N+]([O-])c1ccc(N2CCN(C(c3ccccn3)[C@H]3CCCO3)CC2)c(F)c1. The Morgan fingerprint density at radius 2 is 1.17 bits per heavy atom. The summed E-state index contributed by atoms with van der Waals surface area (Å²) in [5.74, 6) is -0.804. The zero-order valence-corrected chi connectivity index (χ0v) is 30.4. The average Bonchev–Trinajstić information content (AvgIpc) is 3.93. The Bertz CT molecular complexity index is 1820. The smallest absolute Gasteiger partial charge is 0.272 e. The Hall–Kier alpha value is -4.76. The zero-order valence-electron chi connectivity index (χ0n) is 30.4. The molecule has 8 rings (SSSR count). The summed E-state index contributed by atoms with van der Waals surface area (Å²) in [5, 5.41) is 10.8. The number of halogens is 2. The lowest BCUT2D eigenvalue weighted by Crippen LogP contribution is -2.50. The first-order valence-electron chi connectivity index (χ1n) is 18.9. The van der Waals surface area contributed by atoms with E-state index in [9.17, 15) is 18.9 Å². The largest absolute Gasteiger partial charge is 0.399 e. The van der Waals surface area contributed by atoms with Crippen molar-refractivity contribution >= 4 is 22.7 Å². The number of non-ortho nitro benzene ring substituents is 1. The number of nitro groups is 1. The zero-order chi connectivity index (χ0) is 37.4. The van der Waals surface area contributed by atoms with Gasteiger partial charge in [-0.2, -0.15) is 0 Å². The summed E-state index contributed by atoms with van der Waals surface area (Å²) in [6.45, 7) is 7.64. The highest BCUT2D eigenvalue weighted by Gasteiger charge is 2.36. The van der Waals surface area contributed by atoms with Crippen LogP contribution in [0.4, 0.5) is 31.5 Å². The normalized spacial score (nSPS) is 22.0. The number of piperazine rings is 2. The molecule has 2 aromatic carbocycles. The number of aromatic nitrogens is 2. The lowest BCUT2D eigenvalue weighted by atomic mass is 10.0. The fourth-order valence-electron chi connectivity index (χ4n) is 8.16. The standard InChI is InChI=1S/C20H23FN4O3.C20H25FN4O/c21-16-14-15(25(26)27)6-7-18(16)23-9-11-24(12-10-23)20(19-5-3-13-28-19)17-4-1-2-8-22-17;21-16-14-15(22)6-7-18(16)24-9-11-25(12-10-24)20(19-5-3-13-26-19)17-4-1-2-8-23-17/h1-2,4,6-8,14,19-20H,3,5,9-13H2;1-2,4,6-8,14,19-20H,3,5,9-13,22H2/t2*19-,20?/m11/s1. The summed E-state index contributed by atoms with van der Waals surface area (Å²) in [7, 11) is 0. The maximum absolute atomic E-state index is 14.4. The van der Waals surface area contributed by atoms with Crippen LogP contribution >= 0.6 is 0 Å². The van der Waals surface area contributed by atoms with Gasteiger partial charge in [0.1, 0.15) is 5.82 Å². The summed E-state index contributed by atoms with van der Waals surface area (Å²) in [6, 6.07) is 21.0. The van der Waals surface area contributed by atoms with Gasteiger partial charge in [0.2, 0.25) is 0 Å². The van der Waals surface area contributed by atoms with Gasteiger partial charge in [-0.1, -0.05) is 12.1 Å². The molecular weight excluding hydrogens is 694 g/mol. The van der Waals surface area contributed by atoms with E-state index in [1.807, 2.05) is 41.4 Å². The molecule has 4 saturated heterocycles.